The van der Waals surface area contributed by atoms with Gasteiger partial charge in [0.15, 0.2) is 0 Å². The first kappa shape index (κ1) is 13.9. The summed E-state index contributed by atoms with van der Waals surface area (Å²) in [7, 11) is 0. The highest BCUT2D eigenvalue weighted by molar-refractivity contribution is 6.02. The number of nitrogens with zero attached hydrogens (tertiary/aromatic N) is 1. The first-order valence-electron chi connectivity index (χ1n) is 6.82. The summed E-state index contributed by atoms with van der Waals surface area (Å²) >= 11 is 0. The number of carbonyl (C=O) groups excluding carboxylic acids is 2. The number of halogens is 2. The van der Waals surface area contributed by atoms with Gasteiger partial charge < -0.3 is 10.2 Å². The van der Waals surface area contributed by atoms with Gasteiger partial charge in [-0.1, -0.05) is 0 Å². The number of benzene rings is 1. The molecule has 1 saturated heterocycles. The molecule has 3 rings (SSSR count). The molecular weight excluding hydrogens is 280 g/mol. The summed E-state index contributed by atoms with van der Waals surface area (Å²) in [5, 5.41) is 5.27. The van der Waals surface area contributed by atoms with Gasteiger partial charge in [-0.05, 0) is 30.5 Å². The van der Waals surface area contributed by atoms with E-state index in [0.717, 1.165) is 17.7 Å². The molecule has 1 aliphatic heterocycles. The maximum absolute atomic E-state index is 14.1. The molecule has 0 radical (unpaired) electrons. The van der Waals surface area contributed by atoms with Crippen LogP contribution < -0.4 is 15.5 Å². The van der Waals surface area contributed by atoms with Crippen molar-refractivity contribution in [1.82, 2.24) is 10.6 Å². The molecule has 2 aliphatic rings. The van der Waals surface area contributed by atoms with Gasteiger partial charge in [-0.25, -0.2) is 8.78 Å². The number of hydrogen-bond donors (Lipinski definition) is 2. The molecule has 2 fully saturated rings. The van der Waals surface area contributed by atoms with Crippen molar-refractivity contribution < 1.29 is 18.4 Å². The van der Waals surface area contributed by atoms with Crippen molar-refractivity contribution in [2.24, 2.45) is 0 Å². The predicted molar refractivity (Wildman–Crippen MR) is 71.6 cm³/mol. The fraction of sp³-hybridized carbons (Fsp3) is 0.429. The summed E-state index contributed by atoms with van der Waals surface area (Å²) < 4.78 is 28.3. The van der Waals surface area contributed by atoms with Crippen LogP contribution in [-0.4, -0.2) is 30.9 Å². The van der Waals surface area contributed by atoms with Crippen LogP contribution in [0.4, 0.5) is 14.5 Å². The minimum Gasteiger partial charge on any atom is -0.348 e. The van der Waals surface area contributed by atoms with Crippen LogP contribution in [0.3, 0.4) is 0 Å². The van der Waals surface area contributed by atoms with Gasteiger partial charge in [-0.15, -0.1) is 0 Å². The number of rotatable bonds is 4. The first-order chi connectivity index (χ1) is 10.0. The zero-order chi connectivity index (χ0) is 15.0. The Kier molecular flexibility index (Phi) is 3.59. The van der Waals surface area contributed by atoms with Gasteiger partial charge in [0.1, 0.15) is 17.3 Å². The standard InChI is InChI=1S/C14H15F2N3O2/c15-10-3-8(5-17-9-1-2-9)4-11(16)14(10)19-6-12(20)18-13(21)7-19/h3-4,9,17H,1-2,5-7H2,(H,18,20,21). The smallest absolute Gasteiger partial charge is 0.246 e. The van der Waals surface area contributed by atoms with Gasteiger partial charge in [0, 0.05) is 12.6 Å². The maximum Gasteiger partial charge on any atom is 0.246 e. The lowest BCUT2D eigenvalue weighted by Crippen LogP contribution is -2.52. The van der Waals surface area contributed by atoms with Crippen LogP contribution >= 0.6 is 0 Å². The largest absolute Gasteiger partial charge is 0.348 e. The SMILES string of the molecule is O=C1CN(c2c(F)cc(CNC3CC3)cc2F)CC(=O)N1. The van der Waals surface area contributed by atoms with Crippen LogP contribution in [0.2, 0.25) is 0 Å². The molecule has 1 aromatic carbocycles. The van der Waals surface area contributed by atoms with E-state index in [2.05, 4.69) is 10.6 Å². The van der Waals surface area contributed by atoms with Gasteiger partial charge in [-0.2, -0.15) is 0 Å². The van der Waals surface area contributed by atoms with E-state index in [0.29, 0.717) is 18.2 Å². The molecular formula is C14H15F2N3O2. The number of hydrogen-bond acceptors (Lipinski definition) is 4. The molecule has 1 aliphatic carbocycles. The molecule has 2 N–H and O–H groups in total. The Labute approximate surface area is 120 Å². The normalized spacial score (nSPS) is 18.9. The molecule has 0 spiro atoms. The Bertz CT molecular complexity index is 563. The third kappa shape index (κ3) is 3.18. The molecule has 0 atom stereocenters. The maximum atomic E-state index is 14.1. The highest BCUT2D eigenvalue weighted by Crippen LogP contribution is 2.26. The van der Waals surface area contributed by atoms with Crippen LogP contribution in [0.25, 0.3) is 0 Å². The molecule has 0 bridgehead atoms. The van der Waals surface area contributed by atoms with Crippen molar-refractivity contribution in [2.45, 2.75) is 25.4 Å². The highest BCUT2D eigenvalue weighted by Gasteiger charge is 2.27. The van der Waals surface area contributed by atoms with Gasteiger partial charge in [0.2, 0.25) is 11.8 Å². The number of carbonyl (C=O) groups is 2. The van der Waals surface area contributed by atoms with E-state index in [-0.39, 0.29) is 18.8 Å². The van der Waals surface area contributed by atoms with E-state index in [1.165, 1.54) is 12.1 Å². The quantitative estimate of drug-likeness (QED) is 0.802. The van der Waals surface area contributed by atoms with E-state index >= 15 is 0 Å². The van der Waals surface area contributed by atoms with Crippen molar-refractivity contribution in [2.75, 3.05) is 18.0 Å². The molecule has 112 valence electrons. The van der Waals surface area contributed by atoms with Crippen LogP contribution in [0.15, 0.2) is 12.1 Å². The highest BCUT2D eigenvalue weighted by atomic mass is 19.1. The minimum atomic E-state index is -0.759. The van der Waals surface area contributed by atoms with Gasteiger partial charge in [0.25, 0.3) is 0 Å². The van der Waals surface area contributed by atoms with E-state index < -0.39 is 23.4 Å². The number of piperazine rings is 1. The Morgan fingerprint density at radius 2 is 1.71 bits per heavy atom. The van der Waals surface area contributed by atoms with Crippen LogP contribution in [0, 0.1) is 11.6 Å². The van der Waals surface area contributed by atoms with Crippen LogP contribution in [0.1, 0.15) is 18.4 Å². The fourth-order valence-electron chi connectivity index (χ4n) is 2.37. The van der Waals surface area contributed by atoms with E-state index in [1.54, 1.807) is 0 Å². The van der Waals surface area contributed by atoms with Crippen molar-refractivity contribution in [3.63, 3.8) is 0 Å². The molecule has 0 unspecified atom stereocenters. The zero-order valence-corrected chi connectivity index (χ0v) is 11.3. The number of nitrogens with one attached hydrogen (secondary N) is 2. The monoisotopic (exact) mass is 295 g/mol. The van der Waals surface area contributed by atoms with E-state index in [1.807, 2.05) is 0 Å². The van der Waals surface area contributed by atoms with Gasteiger partial charge >= 0.3 is 0 Å². The second-order valence-electron chi connectivity index (χ2n) is 5.39. The number of imide groups is 1. The van der Waals surface area contributed by atoms with Crippen molar-refractivity contribution in [1.29, 1.82) is 0 Å². The first-order valence-corrected chi connectivity index (χ1v) is 6.82. The Hall–Kier alpha value is -2.02. The number of amides is 2. The Balaban J connectivity index is 1.80. The summed E-state index contributed by atoms with van der Waals surface area (Å²) in [5.41, 5.74) is 0.182. The molecule has 21 heavy (non-hydrogen) atoms. The number of anilines is 1. The van der Waals surface area contributed by atoms with Crippen molar-refractivity contribution in [3.05, 3.63) is 29.3 Å². The van der Waals surface area contributed by atoms with Gasteiger partial charge in [0.05, 0.1) is 13.1 Å². The summed E-state index contributed by atoms with van der Waals surface area (Å²) in [6, 6.07) is 2.93. The van der Waals surface area contributed by atoms with Crippen LogP contribution in [-0.2, 0) is 16.1 Å². The van der Waals surface area contributed by atoms with Crippen molar-refractivity contribution >= 4 is 17.5 Å². The summed E-state index contributed by atoms with van der Waals surface area (Å²) in [4.78, 5) is 23.7. The topological polar surface area (TPSA) is 61.4 Å². The lowest BCUT2D eigenvalue weighted by atomic mass is 10.1. The molecule has 1 heterocycles. The lowest BCUT2D eigenvalue weighted by Gasteiger charge is -2.28. The zero-order valence-electron chi connectivity index (χ0n) is 11.3. The second kappa shape index (κ2) is 5.40. The second-order valence-corrected chi connectivity index (χ2v) is 5.39. The molecule has 5 nitrogen and oxygen atoms in total. The van der Waals surface area contributed by atoms with Crippen LogP contribution in [0.5, 0.6) is 0 Å². The third-order valence-corrected chi connectivity index (χ3v) is 3.51. The Morgan fingerprint density at radius 1 is 1.14 bits per heavy atom. The minimum absolute atomic E-state index is 0.237. The lowest BCUT2D eigenvalue weighted by molar-refractivity contribution is -0.130. The molecule has 1 aromatic rings. The summed E-state index contributed by atoms with van der Waals surface area (Å²) in [5.74, 6) is -2.65. The molecule has 2 amide bonds. The molecule has 0 aromatic heterocycles. The molecule has 7 heteroatoms. The third-order valence-electron chi connectivity index (χ3n) is 3.51. The summed E-state index contributed by atoms with van der Waals surface area (Å²) in [6.07, 6.45) is 2.18. The Morgan fingerprint density at radius 3 is 2.24 bits per heavy atom. The van der Waals surface area contributed by atoms with E-state index in [9.17, 15) is 18.4 Å². The fourth-order valence-corrected chi connectivity index (χ4v) is 2.37. The van der Waals surface area contributed by atoms with E-state index in [4.69, 9.17) is 0 Å². The summed E-state index contributed by atoms with van der Waals surface area (Å²) in [6.45, 7) is -0.0727. The predicted octanol–water partition coefficient (Wildman–Crippen LogP) is 0.680. The molecule has 1 saturated carbocycles. The van der Waals surface area contributed by atoms with Gasteiger partial charge in [-0.3, -0.25) is 14.9 Å². The average Bonchev–Trinajstić information content (AvgIpc) is 3.18. The van der Waals surface area contributed by atoms with Crippen molar-refractivity contribution in [3.8, 4) is 0 Å². The average molecular weight is 295 g/mol.